The van der Waals surface area contributed by atoms with Crippen molar-refractivity contribution in [3.63, 3.8) is 0 Å². The van der Waals surface area contributed by atoms with Crippen LogP contribution in [0.15, 0.2) is 41.8 Å². The highest BCUT2D eigenvalue weighted by Crippen LogP contribution is 2.26. The Balaban J connectivity index is 2.17. The number of hydrogen-bond donors (Lipinski definition) is 1. The van der Waals surface area contributed by atoms with Gasteiger partial charge in [0.05, 0.1) is 4.90 Å². The molecule has 23 heavy (non-hydrogen) atoms. The van der Waals surface area contributed by atoms with E-state index in [0.29, 0.717) is 37.0 Å². The molecular formula is C17H24N2O3S. The summed E-state index contributed by atoms with van der Waals surface area (Å²) in [7, 11) is -3.50. The maximum absolute atomic E-state index is 12.7. The summed E-state index contributed by atoms with van der Waals surface area (Å²) in [6.45, 7) is 9.16. The number of benzene rings is 1. The van der Waals surface area contributed by atoms with Crippen LogP contribution >= 0.6 is 0 Å². The first-order valence-electron chi connectivity index (χ1n) is 7.84. The van der Waals surface area contributed by atoms with Crippen LogP contribution in [0, 0.1) is 11.8 Å². The van der Waals surface area contributed by atoms with Crippen molar-refractivity contribution in [3.8, 4) is 0 Å². The second-order valence-corrected chi connectivity index (χ2v) is 8.23. The molecule has 0 unspecified atom stereocenters. The quantitative estimate of drug-likeness (QED) is 0.839. The van der Waals surface area contributed by atoms with Crippen LogP contribution in [-0.2, 0) is 10.0 Å². The van der Waals surface area contributed by atoms with Gasteiger partial charge in [-0.25, -0.2) is 8.42 Å². The van der Waals surface area contributed by atoms with E-state index in [-0.39, 0.29) is 10.8 Å². The van der Waals surface area contributed by atoms with Gasteiger partial charge in [0.25, 0.3) is 5.91 Å². The summed E-state index contributed by atoms with van der Waals surface area (Å²) in [5.74, 6) is 0.476. The molecule has 0 spiro atoms. The molecule has 1 aliphatic heterocycles. The van der Waals surface area contributed by atoms with Gasteiger partial charge in [0.2, 0.25) is 10.0 Å². The van der Waals surface area contributed by atoms with E-state index in [4.69, 9.17) is 0 Å². The molecule has 1 N–H and O–H groups in total. The van der Waals surface area contributed by atoms with Crippen LogP contribution in [0.3, 0.4) is 0 Å². The van der Waals surface area contributed by atoms with Crippen molar-refractivity contribution in [2.45, 2.75) is 25.2 Å². The Kier molecular flexibility index (Phi) is 5.59. The van der Waals surface area contributed by atoms with Gasteiger partial charge in [0.15, 0.2) is 0 Å². The van der Waals surface area contributed by atoms with E-state index in [1.165, 1.54) is 12.1 Å². The minimum atomic E-state index is -3.50. The molecule has 5 nitrogen and oxygen atoms in total. The summed E-state index contributed by atoms with van der Waals surface area (Å²) in [5, 5.41) is 2.66. The van der Waals surface area contributed by atoms with Crippen LogP contribution in [0.1, 0.15) is 30.6 Å². The zero-order valence-corrected chi connectivity index (χ0v) is 14.5. The van der Waals surface area contributed by atoms with E-state index in [1.807, 2.05) is 0 Å². The summed E-state index contributed by atoms with van der Waals surface area (Å²) in [6, 6.07) is 6.09. The largest absolute Gasteiger partial charge is 0.349 e. The normalized spacial score (nSPS) is 22.5. The van der Waals surface area contributed by atoms with Crippen LogP contribution in [0.4, 0.5) is 0 Å². The predicted octanol–water partition coefficient (Wildman–Crippen LogP) is 2.27. The van der Waals surface area contributed by atoms with Crippen molar-refractivity contribution in [1.29, 1.82) is 0 Å². The Morgan fingerprint density at radius 2 is 1.83 bits per heavy atom. The van der Waals surface area contributed by atoms with E-state index in [1.54, 1.807) is 22.5 Å². The molecular weight excluding hydrogens is 312 g/mol. The molecule has 1 saturated heterocycles. The van der Waals surface area contributed by atoms with E-state index in [9.17, 15) is 13.2 Å². The van der Waals surface area contributed by atoms with Gasteiger partial charge in [-0.05, 0) is 42.5 Å². The Hall–Kier alpha value is -1.66. The molecule has 6 heteroatoms. The SMILES string of the molecule is C=CCNC(=O)c1ccc(S(=O)(=O)N2C[C@@H](C)C[C@H](C)C2)cc1. The number of carbonyl (C=O) groups is 1. The third-order valence-corrected chi connectivity index (χ3v) is 5.84. The maximum atomic E-state index is 12.7. The minimum Gasteiger partial charge on any atom is -0.349 e. The number of rotatable bonds is 5. The van der Waals surface area contributed by atoms with Gasteiger partial charge in [-0.1, -0.05) is 19.9 Å². The third-order valence-electron chi connectivity index (χ3n) is 4.00. The molecule has 126 valence electrons. The second kappa shape index (κ2) is 7.27. The summed E-state index contributed by atoms with van der Waals surface area (Å²) >= 11 is 0. The zero-order chi connectivity index (χ0) is 17.0. The van der Waals surface area contributed by atoms with Gasteiger partial charge >= 0.3 is 0 Å². The number of sulfonamides is 1. The number of nitrogens with one attached hydrogen (secondary N) is 1. The van der Waals surface area contributed by atoms with E-state index >= 15 is 0 Å². The lowest BCUT2D eigenvalue weighted by Crippen LogP contribution is -2.42. The zero-order valence-electron chi connectivity index (χ0n) is 13.7. The van der Waals surface area contributed by atoms with Gasteiger partial charge in [-0.2, -0.15) is 4.31 Å². The Morgan fingerprint density at radius 3 is 2.35 bits per heavy atom. The third kappa shape index (κ3) is 4.20. The van der Waals surface area contributed by atoms with Gasteiger partial charge < -0.3 is 5.32 Å². The van der Waals surface area contributed by atoms with Crippen molar-refractivity contribution in [2.24, 2.45) is 11.8 Å². The monoisotopic (exact) mass is 336 g/mol. The Bertz CT molecular complexity index is 658. The first-order chi connectivity index (χ1) is 10.8. The second-order valence-electron chi connectivity index (χ2n) is 6.29. The molecule has 1 heterocycles. The first kappa shape index (κ1) is 17.7. The summed E-state index contributed by atoms with van der Waals surface area (Å²) in [6.07, 6.45) is 2.64. The average Bonchev–Trinajstić information content (AvgIpc) is 2.51. The van der Waals surface area contributed by atoms with Crippen LogP contribution in [-0.4, -0.2) is 38.3 Å². The molecule has 2 atom stereocenters. The Labute approximate surface area is 138 Å². The maximum Gasteiger partial charge on any atom is 0.251 e. The highest BCUT2D eigenvalue weighted by atomic mass is 32.2. The topological polar surface area (TPSA) is 66.5 Å². The van der Waals surface area contributed by atoms with Gasteiger partial charge in [-0.3, -0.25) is 4.79 Å². The van der Waals surface area contributed by atoms with E-state index < -0.39 is 10.0 Å². The highest BCUT2D eigenvalue weighted by Gasteiger charge is 2.31. The predicted molar refractivity (Wildman–Crippen MR) is 90.7 cm³/mol. The van der Waals surface area contributed by atoms with Crippen molar-refractivity contribution < 1.29 is 13.2 Å². The molecule has 1 fully saturated rings. The summed E-state index contributed by atoms with van der Waals surface area (Å²) in [4.78, 5) is 12.1. The molecule has 1 aromatic rings. The molecule has 0 bridgehead atoms. The molecule has 1 amide bonds. The number of hydrogen-bond acceptors (Lipinski definition) is 3. The van der Waals surface area contributed by atoms with Crippen molar-refractivity contribution in [2.75, 3.05) is 19.6 Å². The molecule has 0 radical (unpaired) electrons. The van der Waals surface area contributed by atoms with Crippen LogP contribution in [0.25, 0.3) is 0 Å². The minimum absolute atomic E-state index is 0.235. The number of carbonyl (C=O) groups excluding carboxylic acids is 1. The van der Waals surface area contributed by atoms with Crippen molar-refractivity contribution >= 4 is 15.9 Å². The molecule has 0 saturated carbocycles. The van der Waals surface area contributed by atoms with Gasteiger partial charge in [0, 0.05) is 25.2 Å². The molecule has 0 aliphatic carbocycles. The fourth-order valence-electron chi connectivity index (χ4n) is 3.00. The lowest BCUT2D eigenvalue weighted by molar-refractivity contribution is 0.0958. The van der Waals surface area contributed by atoms with Crippen LogP contribution < -0.4 is 5.32 Å². The molecule has 2 rings (SSSR count). The van der Waals surface area contributed by atoms with E-state index in [2.05, 4.69) is 25.7 Å². The number of amides is 1. The summed E-state index contributed by atoms with van der Waals surface area (Å²) < 4.78 is 27.0. The standard InChI is InChI=1S/C17H24N2O3S/c1-4-9-18-17(20)15-5-7-16(8-6-15)23(21,22)19-11-13(2)10-14(3)12-19/h4-8,13-14H,1,9-12H2,2-3H3,(H,18,20)/t13-,14-/m0/s1. The smallest absolute Gasteiger partial charge is 0.251 e. The van der Waals surface area contributed by atoms with Gasteiger partial charge in [0.1, 0.15) is 0 Å². The fourth-order valence-corrected chi connectivity index (χ4v) is 4.68. The number of piperidine rings is 1. The van der Waals surface area contributed by atoms with Gasteiger partial charge in [-0.15, -0.1) is 6.58 Å². The first-order valence-corrected chi connectivity index (χ1v) is 9.28. The lowest BCUT2D eigenvalue weighted by atomic mass is 9.94. The lowest BCUT2D eigenvalue weighted by Gasteiger charge is -2.34. The van der Waals surface area contributed by atoms with Crippen molar-refractivity contribution in [3.05, 3.63) is 42.5 Å². The van der Waals surface area contributed by atoms with E-state index in [0.717, 1.165) is 6.42 Å². The Morgan fingerprint density at radius 1 is 1.26 bits per heavy atom. The molecule has 1 aliphatic rings. The van der Waals surface area contributed by atoms with Crippen LogP contribution in [0.5, 0.6) is 0 Å². The fraction of sp³-hybridized carbons (Fsp3) is 0.471. The molecule has 0 aromatic heterocycles. The van der Waals surface area contributed by atoms with Crippen LogP contribution in [0.2, 0.25) is 0 Å². The molecule has 1 aromatic carbocycles. The average molecular weight is 336 g/mol. The highest BCUT2D eigenvalue weighted by molar-refractivity contribution is 7.89. The summed E-state index contributed by atoms with van der Waals surface area (Å²) in [5.41, 5.74) is 0.436. The number of nitrogens with zero attached hydrogens (tertiary/aromatic N) is 1. The van der Waals surface area contributed by atoms with Crippen molar-refractivity contribution in [1.82, 2.24) is 9.62 Å².